The summed E-state index contributed by atoms with van der Waals surface area (Å²) in [6, 6.07) is 5.09. The molecule has 6 heteroatoms. The van der Waals surface area contributed by atoms with Gasteiger partial charge in [-0.25, -0.2) is 0 Å². The molecule has 2 heterocycles. The van der Waals surface area contributed by atoms with Crippen molar-refractivity contribution in [2.24, 2.45) is 0 Å². The Bertz CT molecular complexity index is 422. The topological polar surface area (TPSA) is 30.5 Å². The fourth-order valence-electron chi connectivity index (χ4n) is 2.21. The summed E-state index contributed by atoms with van der Waals surface area (Å²) in [6.07, 6.45) is -1.55. The molecule has 1 unspecified atom stereocenters. The van der Waals surface area contributed by atoms with E-state index >= 15 is 0 Å². The number of nitrogens with one attached hydrogen (secondary N) is 1. The van der Waals surface area contributed by atoms with Crippen molar-refractivity contribution in [3.05, 3.63) is 23.8 Å². The molecule has 2 aliphatic heterocycles. The molecule has 0 aromatic heterocycles. The number of ether oxygens (including phenoxy) is 2. The maximum absolute atomic E-state index is 12.9. The Morgan fingerprint density at radius 1 is 1.29 bits per heavy atom. The molecule has 3 nitrogen and oxygen atoms in total. The van der Waals surface area contributed by atoms with Gasteiger partial charge in [0.15, 0.2) is 11.5 Å². The molecule has 1 N–H and O–H groups in total. The van der Waals surface area contributed by atoms with Crippen LogP contribution in [0.1, 0.15) is 24.4 Å². The van der Waals surface area contributed by atoms with Gasteiger partial charge >= 0.3 is 6.29 Å². The lowest BCUT2D eigenvalue weighted by molar-refractivity contribution is -0.287. The number of halogens is 3. The first-order valence-corrected chi connectivity index (χ1v) is 5.28. The number of rotatable bonds is 1. The summed E-state index contributed by atoms with van der Waals surface area (Å²) in [5, 5.41) is 3.25. The van der Waals surface area contributed by atoms with Gasteiger partial charge in [-0.05, 0) is 25.5 Å². The summed E-state index contributed by atoms with van der Waals surface area (Å²) in [5.74, 6) is 0.295. The standard InChI is InChI=1S/C11H11F2NO2.ClH/c12-11(13)15-9-5-1-3-7(10(9)16-11)8-4-2-6-14-8;/h1,3,5,8,14H,2,4,6H2;1H. The Hall–Kier alpha value is -1.07. The number of para-hydroxylation sites is 1. The van der Waals surface area contributed by atoms with Gasteiger partial charge in [0.25, 0.3) is 0 Å². The van der Waals surface area contributed by atoms with Crippen molar-refractivity contribution in [1.29, 1.82) is 0 Å². The van der Waals surface area contributed by atoms with Crippen LogP contribution >= 0.6 is 12.4 Å². The van der Waals surface area contributed by atoms with Gasteiger partial charge in [-0.1, -0.05) is 12.1 Å². The lowest BCUT2D eigenvalue weighted by Gasteiger charge is -2.13. The number of alkyl halides is 2. The zero-order valence-corrected chi connectivity index (χ0v) is 9.73. The third-order valence-electron chi connectivity index (χ3n) is 2.89. The first-order chi connectivity index (χ1) is 7.66. The van der Waals surface area contributed by atoms with Gasteiger partial charge in [0, 0.05) is 11.6 Å². The van der Waals surface area contributed by atoms with Gasteiger partial charge in [0.2, 0.25) is 0 Å². The van der Waals surface area contributed by atoms with Gasteiger partial charge in [0.05, 0.1) is 0 Å². The molecule has 1 fully saturated rings. The van der Waals surface area contributed by atoms with Crippen molar-refractivity contribution >= 4 is 12.4 Å². The fourth-order valence-corrected chi connectivity index (χ4v) is 2.21. The predicted molar refractivity (Wildman–Crippen MR) is 59.9 cm³/mol. The first kappa shape index (κ1) is 12.4. The summed E-state index contributed by atoms with van der Waals surface area (Å²) in [7, 11) is 0. The average molecular weight is 264 g/mol. The molecule has 0 saturated carbocycles. The van der Waals surface area contributed by atoms with E-state index in [0.29, 0.717) is 0 Å². The van der Waals surface area contributed by atoms with Crippen molar-refractivity contribution in [2.75, 3.05) is 6.54 Å². The van der Waals surface area contributed by atoms with Gasteiger partial charge in [0.1, 0.15) is 0 Å². The molecule has 1 atom stereocenters. The van der Waals surface area contributed by atoms with E-state index in [2.05, 4.69) is 14.8 Å². The number of hydrogen-bond acceptors (Lipinski definition) is 3. The van der Waals surface area contributed by atoms with Crippen LogP contribution in [0.3, 0.4) is 0 Å². The molecular formula is C11H12ClF2NO2. The Labute approximate surface area is 104 Å². The zero-order valence-electron chi connectivity index (χ0n) is 8.91. The van der Waals surface area contributed by atoms with Crippen molar-refractivity contribution in [1.82, 2.24) is 5.32 Å². The minimum Gasteiger partial charge on any atom is -0.395 e. The highest BCUT2D eigenvalue weighted by Crippen LogP contribution is 2.46. The number of hydrogen-bond donors (Lipinski definition) is 1. The van der Waals surface area contributed by atoms with Crippen LogP contribution in [0.5, 0.6) is 11.5 Å². The molecule has 94 valence electrons. The number of benzene rings is 1. The van der Waals surface area contributed by atoms with Crippen LogP contribution < -0.4 is 14.8 Å². The lowest BCUT2D eigenvalue weighted by Crippen LogP contribution is -2.26. The van der Waals surface area contributed by atoms with E-state index in [-0.39, 0.29) is 29.9 Å². The normalized spacial score (nSPS) is 24.5. The predicted octanol–water partition coefficient (Wildman–Crippen LogP) is 2.85. The molecule has 0 radical (unpaired) electrons. The molecule has 0 amide bonds. The summed E-state index contributed by atoms with van der Waals surface area (Å²) >= 11 is 0. The summed E-state index contributed by atoms with van der Waals surface area (Å²) in [4.78, 5) is 0. The number of fused-ring (bicyclic) bond motifs is 1. The molecule has 17 heavy (non-hydrogen) atoms. The van der Waals surface area contributed by atoms with Crippen molar-refractivity contribution in [3.63, 3.8) is 0 Å². The highest BCUT2D eigenvalue weighted by atomic mass is 35.5. The average Bonchev–Trinajstić information content (AvgIpc) is 2.80. The summed E-state index contributed by atoms with van der Waals surface area (Å²) in [5.41, 5.74) is 0.757. The molecule has 3 rings (SSSR count). The third kappa shape index (κ3) is 2.17. The minimum absolute atomic E-state index is 0. The van der Waals surface area contributed by atoms with Crippen LogP contribution in [0.2, 0.25) is 0 Å². The lowest BCUT2D eigenvalue weighted by atomic mass is 10.0. The Kier molecular flexibility index (Phi) is 3.14. The van der Waals surface area contributed by atoms with Crippen molar-refractivity contribution in [2.45, 2.75) is 25.2 Å². The van der Waals surface area contributed by atoms with E-state index in [0.717, 1.165) is 24.9 Å². The molecule has 0 bridgehead atoms. The second-order valence-corrected chi connectivity index (χ2v) is 3.99. The van der Waals surface area contributed by atoms with Gasteiger partial charge in [-0.2, -0.15) is 0 Å². The Morgan fingerprint density at radius 3 is 2.82 bits per heavy atom. The molecule has 0 aliphatic carbocycles. The molecular weight excluding hydrogens is 252 g/mol. The maximum atomic E-state index is 12.9. The van der Waals surface area contributed by atoms with E-state index in [1.165, 1.54) is 6.07 Å². The molecule has 1 saturated heterocycles. The highest BCUT2D eigenvalue weighted by Gasteiger charge is 2.45. The Balaban J connectivity index is 0.00000108. The van der Waals surface area contributed by atoms with E-state index in [9.17, 15) is 8.78 Å². The van der Waals surface area contributed by atoms with Crippen molar-refractivity contribution < 1.29 is 18.3 Å². The van der Waals surface area contributed by atoms with Crippen LogP contribution in [-0.4, -0.2) is 12.8 Å². The van der Waals surface area contributed by atoms with Crippen molar-refractivity contribution in [3.8, 4) is 11.5 Å². The third-order valence-corrected chi connectivity index (χ3v) is 2.89. The monoisotopic (exact) mass is 263 g/mol. The van der Waals surface area contributed by atoms with Crippen LogP contribution in [0.25, 0.3) is 0 Å². The minimum atomic E-state index is -3.53. The quantitative estimate of drug-likeness (QED) is 0.845. The second kappa shape index (κ2) is 4.31. The summed E-state index contributed by atoms with van der Waals surface area (Å²) < 4.78 is 34.8. The maximum Gasteiger partial charge on any atom is 0.586 e. The summed E-state index contributed by atoms with van der Waals surface area (Å²) in [6.45, 7) is 0.908. The molecule has 1 aromatic rings. The van der Waals surface area contributed by atoms with E-state index in [1.807, 2.05) is 0 Å². The largest absolute Gasteiger partial charge is 0.586 e. The smallest absolute Gasteiger partial charge is 0.395 e. The fraction of sp³-hybridized carbons (Fsp3) is 0.455. The van der Waals surface area contributed by atoms with Crippen LogP contribution in [-0.2, 0) is 0 Å². The van der Waals surface area contributed by atoms with Crippen LogP contribution in [0, 0.1) is 0 Å². The molecule has 0 spiro atoms. The Morgan fingerprint density at radius 2 is 2.12 bits per heavy atom. The second-order valence-electron chi connectivity index (χ2n) is 3.99. The van der Waals surface area contributed by atoms with Gasteiger partial charge in [-0.15, -0.1) is 21.2 Å². The van der Waals surface area contributed by atoms with Crippen LogP contribution in [0.15, 0.2) is 18.2 Å². The zero-order chi connectivity index (χ0) is 11.2. The molecule has 2 aliphatic rings. The van der Waals surface area contributed by atoms with E-state index < -0.39 is 6.29 Å². The van der Waals surface area contributed by atoms with Gasteiger partial charge < -0.3 is 14.8 Å². The van der Waals surface area contributed by atoms with E-state index in [1.54, 1.807) is 12.1 Å². The molecule has 1 aromatic carbocycles. The highest BCUT2D eigenvalue weighted by molar-refractivity contribution is 5.85. The van der Waals surface area contributed by atoms with E-state index in [4.69, 9.17) is 0 Å². The van der Waals surface area contributed by atoms with Crippen LogP contribution in [0.4, 0.5) is 8.78 Å². The SMILES string of the molecule is Cl.FC1(F)Oc2cccc(C3CCCN3)c2O1. The van der Waals surface area contributed by atoms with Gasteiger partial charge in [-0.3, -0.25) is 0 Å². The first-order valence-electron chi connectivity index (χ1n) is 5.28.